The molecule has 0 aromatic heterocycles. The second-order valence-electron chi connectivity index (χ2n) is 5.22. The predicted molar refractivity (Wildman–Crippen MR) is 71.5 cm³/mol. The summed E-state index contributed by atoms with van der Waals surface area (Å²) >= 11 is 0. The Labute approximate surface area is 108 Å². The summed E-state index contributed by atoms with van der Waals surface area (Å²) < 4.78 is 0. The Morgan fingerprint density at radius 2 is 2.11 bits per heavy atom. The molecule has 0 spiro atoms. The van der Waals surface area contributed by atoms with Crippen LogP contribution in [-0.2, 0) is 0 Å². The lowest BCUT2D eigenvalue weighted by Crippen LogP contribution is -2.38. The van der Waals surface area contributed by atoms with E-state index in [1.807, 2.05) is 6.07 Å². The Bertz CT molecular complexity index is 430. The highest BCUT2D eigenvalue weighted by atomic mass is 16.6. The van der Waals surface area contributed by atoms with E-state index in [1.165, 1.54) is 25.3 Å². The Kier molecular flexibility index (Phi) is 3.97. The molecular formula is C14H20N2O2. The first-order chi connectivity index (χ1) is 8.58. The van der Waals surface area contributed by atoms with Gasteiger partial charge in [0.15, 0.2) is 0 Å². The van der Waals surface area contributed by atoms with Gasteiger partial charge in [0.25, 0.3) is 5.69 Å². The van der Waals surface area contributed by atoms with Gasteiger partial charge in [0.1, 0.15) is 0 Å². The van der Waals surface area contributed by atoms with E-state index in [1.54, 1.807) is 12.1 Å². The van der Waals surface area contributed by atoms with Crippen molar-refractivity contribution in [2.75, 3.05) is 0 Å². The van der Waals surface area contributed by atoms with Crippen LogP contribution in [0.2, 0.25) is 0 Å². The zero-order valence-electron chi connectivity index (χ0n) is 10.9. The Balaban J connectivity index is 2.01. The second kappa shape index (κ2) is 5.48. The van der Waals surface area contributed by atoms with Gasteiger partial charge in [0, 0.05) is 24.2 Å². The monoisotopic (exact) mass is 248 g/mol. The summed E-state index contributed by atoms with van der Waals surface area (Å²) in [5.74, 6) is 0.770. The Morgan fingerprint density at radius 3 is 2.67 bits per heavy atom. The second-order valence-corrected chi connectivity index (χ2v) is 5.22. The summed E-state index contributed by atoms with van der Waals surface area (Å²) in [5, 5.41) is 14.3. The van der Waals surface area contributed by atoms with Gasteiger partial charge >= 0.3 is 0 Å². The average molecular weight is 248 g/mol. The highest BCUT2D eigenvalue weighted by molar-refractivity contribution is 5.35. The summed E-state index contributed by atoms with van der Waals surface area (Å²) in [6.45, 7) is 4.27. The first kappa shape index (κ1) is 13.0. The largest absolute Gasteiger partial charge is 0.307 e. The average Bonchev–Trinajstić information content (AvgIpc) is 2.26. The molecule has 1 saturated carbocycles. The molecule has 0 radical (unpaired) electrons. The fraction of sp³-hybridized carbons (Fsp3) is 0.571. The third-order valence-corrected chi connectivity index (χ3v) is 3.95. The van der Waals surface area contributed by atoms with Gasteiger partial charge in [-0.2, -0.15) is 0 Å². The summed E-state index contributed by atoms with van der Waals surface area (Å²) in [5.41, 5.74) is 1.15. The van der Waals surface area contributed by atoms with Gasteiger partial charge in [-0.3, -0.25) is 10.1 Å². The summed E-state index contributed by atoms with van der Waals surface area (Å²) in [4.78, 5) is 10.4. The standard InChI is InChI=1S/C14H20N2O2/c1-10(12-5-3-6-12)15-11(2)13-7-4-8-14(9-13)16(17)18/h4,7-12,15H,3,5-6H2,1-2H3. The molecule has 1 N–H and O–H groups in total. The Hall–Kier alpha value is -1.42. The maximum absolute atomic E-state index is 10.7. The van der Waals surface area contributed by atoms with Crippen molar-refractivity contribution in [1.82, 2.24) is 5.32 Å². The van der Waals surface area contributed by atoms with Gasteiger partial charge in [-0.1, -0.05) is 18.6 Å². The zero-order valence-corrected chi connectivity index (χ0v) is 10.9. The van der Waals surface area contributed by atoms with Crippen LogP contribution in [0.25, 0.3) is 0 Å². The highest BCUT2D eigenvalue weighted by Crippen LogP contribution is 2.30. The summed E-state index contributed by atoms with van der Waals surface area (Å²) in [7, 11) is 0. The molecule has 0 saturated heterocycles. The summed E-state index contributed by atoms with van der Waals surface area (Å²) in [6.07, 6.45) is 3.94. The number of nitrogens with zero attached hydrogens (tertiary/aromatic N) is 1. The van der Waals surface area contributed by atoms with Crippen LogP contribution in [0.3, 0.4) is 0 Å². The fourth-order valence-electron chi connectivity index (χ4n) is 2.47. The molecule has 1 aliphatic carbocycles. The van der Waals surface area contributed by atoms with Crippen molar-refractivity contribution < 1.29 is 4.92 Å². The lowest BCUT2D eigenvalue weighted by Gasteiger charge is -2.34. The maximum atomic E-state index is 10.7. The van der Waals surface area contributed by atoms with Crippen LogP contribution in [0.5, 0.6) is 0 Å². The lowest BCUT2D eigenvalue weighted by molar-refractivity contribution is -0.384. The number of nitrogens with one attached hydrogen (secondary N) is 1. The highest BCUT2D eigenvalue weighted by Gasteiger charge is 2.25. The minimum atomic E-state index is -0.342. The van der Waals surface area contributed by atoms with Crippen LogP contribution in [0.4, 0.5) is 5.69 Å². The minimum Gasteiger partial charge on any atom is -0.307 e. The van der Waals surface area contributed by atoms with E-state index in [9.17, 15) is 10.1 Å². The van der Waals surface area contributed by atoms with Gasteiger partial charge in [-0.25, -0.2) is 0 Å². The zero-order chi connectivity index (χ0) is 13.1. The number of rotatable bonds is 5. The molecule has 2 rings (SSSR count). The molecule has 2 unspecified atom stereocenters. The fourth-order valence-corrected chi connectivity index (χ4v) is 2.47. The van der Waals surface area contributed by atoms with Gasteiger partial charge in [0.2, 0.25) is 0 Å². The first-order valence-electron chi connectivity index (χ1n) is 6.58. The molecule has 18 heavy (non-hydrogen) atoms. The molecule has 1 aromatic carbocycles. The molecule has 0 aliphatic heterocycles. The molecule has 0 bridgehead atoms. The van der Waals surface area contributed by atoms with Crippen molar-refractivity contribution in [1.29, 1.82) is 0 Å². The first-order valence-corrected chi connectivity index (χ1v) is 6.58. The third kappa shape index (κ3) is 2.88. The van der Waals surface area contributed by atoms with Gasteiger partial charge in [-0.15, -0.1) is 0 Å². The predicted octanol–water partition coefficient (Wildman–Crippen LogP) is 3.43. The number of nitro groups is 1. The van der Waals surface area contributed by atoms with Crippen LogP contribution in [-0.4, -0.2) is 11.0 Å². The minimum absolute atomic E-state index is 0.153. The number of benzene rings is 1. The van der Waals surface area contributed by atoms with Gasteiger partial charge in [0.05, 0.1) is 4.92 Å². The normalized spacial score (nSPS) is 19.0. The van der Waals surface area contributed by atoms with Gasteiger partial charge < -0.3 is 5.32 Å². The van der Waals surface area contributed by atoms with E-state index >= 15 is 0 Å². The van der Waals surface area contributed by atoms with E-state index in [4.69, 9.17) is 0 Å². The van der Waals surface area contributed by atoms with Gasteiger partial charge in [-0.05, 0) is 38.2 Å². The van der Waals surface area contributed by atoms with Crippen LogP contribution >= 0.6 is 0 Å². The van der Waals surface area contributed by atoms with Crippen molar-refractivity contribution in [2.45, 2.75) is 45.2 Å². The van der Waals surface area contributed by atoms with Crippen molar-refractivity contribution in [3.05, 3.63) is 39.9 Å². The molecular weight excluding hydrogens is 228 g/mol. The molecule has 1 aliphatic rings. The topological polar surface area (TPSA) is 55.2 Å². The molecule has 2 atom stereocenters. The number of hydrogen-bond acceptors (Lipinski definition) is 3. The van der Waals surface area contributed by atoms with Crippen molar-refractivity contribution in [3.63, 3.8) is 0 Å². The van der Waals surface area contributed by atoms with Crippen LogP contribution in [0.1, 0.15) is 44.7 Å². The molecule has 4 heteroatoms. The van der Waals surface area contributed by atoms with Crippen molar-refractivity contribution >= 4 is 5.69 Å². The number of nitro benzene ring substituents is 1. The third-order valence-electron chi connectivity index (χ3n) is 3.95. The molecule has 1 aromatic rings. The molecule has 98 valence electrons. The Morgan fingerprint density at radius 1 is 1.39 bits per heavy atom. The van der Waals surface area contributed by atoms with E-state index in [0.717, 1.165) is 11.5 Å². The molecule has 1 fully saturated rings. The van der Waals surface area contributed by atoms with Crippen molar-refractivity contribution in [3.8, 4) is 0 Å². The van der Waals surface area contributed by atoms with Crippen LogP contribution < -0.4 is 5.32 Å². The lowest BCUT2D eigenvalue weighted by atomic mass is 9.80. The van der Waals surface area contributed by atoms with E-state index in [2.05, 4.69) is 19.2 Å². The maximum Gasteiger partial charge on any atom is 0.269 e. The molecule has 0 amide bonds. The van der Waals surface area contributed by atoms with Crippen molar-refractivity contribution in [2.24, 2.45) is 5.92 Å². The molecule has 0 heterocycles. The van der Waals surface area contributed by atoms with Crippen LogP contribution in [0, 0.1) is 16.0 Å². The number of hydrogen-bond donors (Lipinski definition) is 1. The SMILES string of the molecule is CC(NC(C)C1CCC1)c1cccc([N+](=O)[O-])c1. The smallest absolute Gasteiger partial charge is 0.269 e. The molecule has 4 nitrogen and oxygen atoms in total. The van der Waals surface area contributed by atoms with E-state index in [-0.39, 0.29) is 16.7 Å². The summed E-state index contributed by atoms with van der Waals surface area (Å²) in [6, 6.07) is 7.52. The number of non-ortho nitro benzene ring substituents is 1. The quantitative estimate of drug-likeness (QED) is 0.641. The van der Waals surface area contributed by atoms with Crippen LogP contribution in [0.15, 0.2) is 24.3 Å². The van der Waals surface area contributed by atoms with E-state index < -0.39 is 0 Å². The van der Waals surface area contributed by atoms with E-state index in [0.29, 0.717) is 6.04 Å².